The summed E-state index contributed by atoms with van der Waals surface area (Å²) >= 11 is 0. The molecular weight excluding hydrogens is 154 g/mol. The lowest BCUT2D eigenvalue weighted by molar-refractivity contribution is -0.145. The number of hydrogen-bond donors (Lipinski definition) is 0. The lowest BCUT2D eigenvalue weighted by Crippen LogP contribution is -2.22. The molecule has 0 aliphatic heterocycles. The third-order valence-electron chi connectivity index (χ3n) is 1.95. The van der Waals surface area contributed by atoms with E-state index in [2.05, 4.69) is 9.64 Å². The molecule has 0 saturated carbocycles. The van der Waals surface area contributed by atoms with Gasteiger partial charge in [-0.25, -0.2) is 0 Å². The number of hydrogen-bond acceptors (Lipinski definition) is 3. The standard InChI is InChI=1S/C9H19NO2/c1-5-8(9(11)12-4)6-7-10(2)3/h8H,5-7H2,1-4H3. The van der Waals surface area contributed by atoms with Crippen molar-refractivity contribution in [2.45, 2.75) is 19.8 Å². The molecule has 0 saturated heterocycles. The second kappa shape index (κ2) is 6.00. The molecule has 1 unspecified atom stereocenters. The van der Waals surface area contributed by atoms with Crippen molar-refractivity contribution in [3.05, 3.63) is 0 Å². The van der Waals surface area contributed by atoms with Crippen molar-refractivity contribution >= 4 is 5.97 Å². The second-order valence-electron chi connectivity index (χ2n) is 3.22. The molecule has 3 heteroatoms. The van der Waals surface area contributed by atoms with Crippen LogP contribution in [0.5, 0.6) is 0 Å². The van der Waals surface area contributed by atoms with Gasteiger partial charge in [-0.05, 0) is 33.5 Å². The predicted octanol–water partition coefficient (Wildman–Crippen LogP) is 1.14. The number of ether oxygens (including phenoxy) is 1. The Labute approximate surface area is 74.7 Å². The SMILES string of the molecule is CCC(CCN(C)C)C(=O)OC. The van der Waals surface area contributed by atoms with Crippen LogP contribution in [-0.4, -0.2) is 38.6 Å². The molecule has 0 aromatic carbocycles. The number of rotatable bonds is 5. The molecular formula is C9H19NO2. The quantitative estimate of drug-likeness (QED) is 0.584. The second-order valence-corrected chi connectivity index (χ2v) is 3.22. The summed E-state index contributed by atoms with van der Waals surface area (Å²) in [7, 11) is 5.45. The number of carbonyl (C=O) groups excluding carboxylic acids is 1. The number of methoxy groups -OCH3 is 1. The third kappa shape index (κ3) is 4.34. The van der Waals surface area contributed by atoms with Crippen molar-refractivity contribution in [3.8, 4) is 0 Å². The van der Waals surface area contributed by atoms with Crippen molar-refractivity contribution in [1.82, 2.24) is 4.90 Å². The number of esters is 1. The van der Waals surface area contributed by atoms with E-state index in [4.69, 9.17) is 0 Å². The summed E-state index contributed by atoms with van der Waals surface area (Å²) < 4.78 is 4.68. The Kier molecular flexibility index (Phi) is 5.72. The molecule has 0 rings (SSSR count). The summed E-state index contributed by atoms with van der Waals surface area (Å²) in [5.41, 5.74) is 0. The summed E-state index contributed by atoms with van der Waals surface area (Å²) in [6.45, 7) is 2.95. The van der Waals surface area contributed by atoms with Gasteiger partial charge < -0.3 is 9.64 Å². The fourth-order valence-corrected chi connectivity index (χ4v) is 1.07. The van der Waals surface area contributed by atoms with Crippen LogP contribution in [0.3, 0.4) is 0 Å². The molecule has 0 amide bonds. The fourth-order valence-electron chi connectivity index (χ4n) is 1.07. The first-order valence-electron chi connectivity index (χ1n) is 4.34. The van der Waals surface area contributed by atoms with E-state index in [1.807, 2.05) is 21.0 Å². The Hall–Kier alpha value is -0.570. The van der Waals surface area contributed by atoms with Gasteiger partial charge in [0, 0.05) is 0 Å². The maximum absolute atomic E-state index is 11.1. The van der Waals surface area contributed by atoms with Crippen LogP contribution in [0.4, 0.5) is 0 Å². The molecule has 72 valence electrons. The van der Waals surface area contributed by atoms with Crippen LogP contribution in [0.15, 0.2) is 0 Å². The summed E-state index contributed by atoms with van der Waals surface area (Å²) in [4.78, 5) is 13.2. The molecule has 0 spiro atoms. The van der Waals surface area contributed by atoms with Crippen LogP contribution >= 0.6 is 0 Å². The van der Waals surface area contributed by atoms with Gasteiger partial charge in [0.2, 0.25) is 0 Å². The highest BCUT2D eigenvalue weighted by Gasteiger charge is 2.16. The summed E-state index contributed by atoms with van der Waals surface area (Å²) in [6, 6.07) is 0. The Morgan fingerprint density at radius 3 is 2.42 bits per heavy atom. The first kappa shape index (κ1) is 11.4. The van der Waals surface area contributed by atoms with Crippen molar-refractivity contribution in [2.24, 2.45) is 5.92 Å². The lowest BCUT2D eigenvalue weighted by atomic mass is 10.0. The van der Waals surface area contributed by atoms with E-state index in [9.17, 15) is 4.79 Å². The highest BCUT2D eigenvalue weighted by Crippen LogP contribution is 2.09. The van der Waals surface area contributed by atoms with Gasteiger partial charge in [0.15, 0.2) is 0 Å². The van der Waals surface area contributed by atoms with Gasteiger partial charge in [0.05, 0.1) is 13.0 Å². The van der Waals surface area contributed by atoms with Crippen LogP contribution < -0.4 is 0 Å². The van der Waals surface area contributed by atoms with E-state index in [0.29, 0.717) is 0 Å². The molecule has 0 bridgehead atoms. The van der Waals surface area contributed by atoms with Crippen molar-refractivity contribution < 1.29 is 9.53 Å². The van der Waals surface area contributed by atoms with Crippen LogP contribution in [-0.2, 0) is 9.53 Å². The maximum Gasteiger partial charge on any atom is 0.308 e. The lowest BCUT2D eigenvalue weighted by Gasteiger charge is -2.15. The minimum atomic E-state index is -0.0839. The van der Waals surface area contributed by atoms with E-state index in [1.54, 1.807) is 0 Å². The first-order chi connectivity index (χ1) is 5.61. The van der Waals surface area contributed by atoms with Gasteiger partial charge >= 0.3 is 5.97 Å². The van der Waals surface area contributed by atoms with Gasteiger partial charge in [-0.2, -0.15) is 0 Å². The Morgan fingerprint density at radius 2 is 2.08 bits per heavy atom. The zero-order valence-electron chi connectivity index (χ0n) is 8.46. The molecule has 0 radical (unpaired) electrons. The first-order valence-corrected chi connectivity index (χ1v) is 4.34. The van der Waals surface area contributed by atoms with Gasteiger partial charge in [0.1, 0.15) is 0 Å². The number of nitrogens with zero attached hydrogens (tertiary/aromatic N) is 1. The summed E-state index contributed by atoms with van der Waals surface area (Å²) in [5.74, 6) is -0.0169. The van der Waals surface area contributed by atoms with E-state index in [-0.39, 0.29) is 11.9 Å². The molecule has 0 aliphatic carbocycles. The van der Waals surface area contributed by atoms with Crippen LogP contribution in [0.1, 0.15) is 19.8 Å². The minimum Gasteiger partial charge on any atom is -0.469 e. The number of carbonyl (C=O) groups is 1. The molecule has 0 aliphatic rings. The van der Waals surface area contributed by atoms with E-state index >= 15 is 0 Å². The summed E-state index contributed by atoms with van der Waals surface area (Å²) in [5, 5.41) is 0. The molecule has 1 atom stereocenters. The highest BCUT2D eigenvalue weighted by molar-refractivity contribution is 5.72. The monoisotopic (exact) mass is 173 g/mol. The minimum absolute atomic E-state index is 0.0670. The van der Waals surface area contributed by atoms with Crippen LogP contribution in [0, 0.1) is 5.92 Å². The average Bonchev–Trinajstić information content (AvgIpc) is 2.04. The van der Waals surface area contributed by atoms with E-state index < -0.39 is 0 Å². The highest BCUT2D eigenvalue weighted by atomic mass is 16.5. The fraction of sp³-hybridized carbons (Fsp3) is 0.889. The van der Waals surface area contributed by atoms with Gasteiger partial charge in [-0.3, -0.25) is 4.79 Å². The van der Waals surface area contributed by atoms with Gasteiger partial charge in [0.25, 0.3) is 0 Å². The van der Waals surface area contributed by atoms with Crippen molar-refractivity contribution in [2.75, 3.05) is 27.7 Å². The normalized spacial score (nSPS) is 13.1. The van der Waals surface area contributed by atoms with Crippen LogP contribution in [0.25, 0.3) is 0 Å². The zero-order chi connectivity index (χ0) is 9.56. The maximum atomic E-state index is 11.1. The Morgan fingerprint density at radius 1 is 1.50 bits per heavy atom. The average molecular weight is 173 g/mol. The van der Waals surface area contributed by atoms with Crippen molar-refractivity contribution in [1.29, 1.82) is 0 Å². The summed E-state index contributed by atoms with van der Waals surface area (Å²) in [6.07, 6.45) is 1.75. The predicted molar refractivity (Wildman–Crippen MR) is 49.0 cm³/mol. The van der Waals surface area contributed by atoms with Gasteiger partial charge in [-0.15, -0.1) is 0 Å². The molecule has 0 N–H and O–H groups in total. The molecule has 0 fully saturated rings. The molecule has 0 heterocycles. The van der Waals surface area contributed by atoms with Gasteiger partial charge in [-0.1, -0.05) is 6.92 Å². The largest absolute Gasteiger partial charge is 0.469 e. The van der Waals surface area contributed by atoms with E-state index in [0.717, 1.165) is 19.4 Å². The molecule has 3 nitrogen and oxygen atoms in total. The van der Waals surface area contributed by atoms with Crippen molar-refractivity contribution in [3.63, 3.8) is 0 Å². The Balaban J connectivity index is 3.75. The van der Waals surface area contributed by atoms with Crippen LogP contribution in [0.2, 0.25) is 0 Å². The Bertz CT molecular complexity index is 134. The smallest absolute Gasteiger partial charge is 0.308 e. The molecule has 12 heavy (non-hydrogen) atoms. The molecule has 0 aromatic rings. The molecule has 0 aromatic heterocycles. The zero-order valence-corrected chi connectivity index (χ0v) is 8.46. The topological polar surface area (TPSA) is 29.5 Å². The third-order valence-corrected chi connectivity index (χ3v) is 1.95. The van der Waals surface area contributed by atoms with E-state index in [1.165, 1.54) is 7.11 Å².